The molecule has 2 atom stereocenters. The molecule has 162 valence electrons. The number of hydrogen-bond acceptors (Lipinski definition) is 5. The van der Waals surface area contributed by atoms with Crippen LogP contribution in [0, 0.1) is 5.92 Å². The van der Waals surface area contributed by atoms with Crippen LogP contribution in [-0.2, 0) is 16.4 Å². The molecule has 1 amide bonds. The fourth-order valence-corrected chi connectivity index (χ4v) is 4.78. The highest BCUT2D eigenvalue weighted by atomic mass is 32.2. The summed E-state index contributed by atoms with van der Waals surface area (Å²) in [5.74, 6) is 0.294. The van der Waals surface area contributed by atoms with Crippen molar-refractivity contribution >= 4 is 15.7 Å². The second-order valence-electron chi connectivity index (χ2n) is 8.03. The minimum Gasteiger partial charge on any atom is -0.396 e. The third-order valence-electron chi connectivity index (χ3n) is 5.66. The smallest absolute Gasteiger partial charge is 0.251 e. The van der Waals surface area contributed by atoms with E-state index < -0.39 is 15.9 Å². The standard InChI is InChI=1S/C23H30N2O4S/c1-4-30(28,29)19-8-5-16(6-9-19)21(11-12-26)25-23(27)17-7-10-20-18(13-17)14-24-22(20)15(2)3/h5-10,13,15,21-22,24,26H,4,11-12,14H2,1-3H3,(H,25,27)/t21-,22+/m0/s1. The number of amides is 1. The summed E-state index contributed by atoms with van der Waals surface area (Å²) in [6.07, 6.45) is 0.341. The van der Waals surface area contributed by atoms with Crippen LogP contribution in [0.3, 0.4) is 0 Å². The lowest BCUT2D eigenvalue weighted by Gasteiger charge is -2.19. The van der Waals surface area contributed by atoms with E-state index in [-0.39, 0.29) is 23.2 Å². The van der Waals surface area contributed by atoms with Gasteiger partial charge in [0, 0.05) is 24.8 Å². The molecular formula is C23H30N2O4S. The Morgan fingerprint density at radius 3 is 2.50 bits per heavy atom. The van der Waals surface area contributed by atoms with Crippen LogP contribution in [0.15, 0.2) is 47.4 Å². The van der Waals surface area contributed by atoms with E-state index in [1.165, 1.54) is 5.56 Å². The van der Waals surface area contributed by atoms with Crippen LogP contribution in [0.4, 0.5) is 0 Å². The first-order chi connectivity index (χ1) is 14.3. The fourth-order valence-electron chi connectivity index (χ4n) is 3.90. The molecular weight excluding hydrogens is 400 g/mol. The molecule has 1 heterocycles. The third kappa shape index (κ3) is 4.74. The monoisotopic (exact) mass is 430 g/mol. The van der Waals surface area contributed by atoms with Gasteiger partial charge in [0.15, 0.2) is 9.84 Å². The van der Waals surface area contributed by atoms with Gasteiger partial charge in [0.25, 0.3) is 5.91 Å². The Hall–Kier alpha value is -2.22. The van der Waals surface area contributed by atoms with Gasteiger partial charge in [-0.25, -0.2) is 8.42 Å². The molecule has 0 unspecified atom stereocenters. The average molecular weight is 431 g/mol. The summed E-state index contributed by atoms with van der Waals surface area (Å²) in [5, 5.41) is 15.9. The largest absolute Gasteiger partial charge is 0.396 e. The van der Waals surface area contributed by atoms with Crippen molar-refractivity contribution in [3.63, 3.8) is 0 Å². The average Bonchev–Trinajstić information content (AvgIpc) is 3.17. The predicted octanol–water partition coefficient (Wildman–Crippen LogP) is 3.13. The Morgan fingerprint density at radius 1 is 1.20 bits per heavy atom. The van der Waals surface area contributed by atoms with Crippen molar-refractivity contribution in [2.75, 3.05) is 12.4 Å². The van der Waals surface area contributed by atoms with Gasteiger partial charge in [0.2, 0.25) is 0 Å². The maximum absolute atomic E-state index is 12.9. The van der Waals surface area contributed by atoms with Crippen molar-refractivity contribution in [1.29, 1.82) is 0 Å². The van der Waals surface area contributed by atoms with Crippen LogP contribution in [0.5, 0.6) is 0 Å². The highest BCUT2D eigenvalue weighted by Gasteiger charge is 2.25. The highest BCUT2D eigenvalue weighted by Crippen LogP contribution is 2.31. The first-order valence-electron chi connectivity index (χ1n) is 10.4. The number of rotatable bonds is 8. The molecule has 0 radical (unpaired) electrons. The second-order valence-corrected chi connectivity index (χ2v) is 10.3. The van der Waals surface area contributed by atoms with Crippen molar-refractivity contribution in [2.24, 2.45) is 5.92 Å². The van der Waals surface area contributed by atoms with Crippen molar-refractivity contribution in [1.82, 2.24) is 10.6 Å². The van der Waals surface area contributed by atoms with Crippen molar-refractivity contribution in [2.45, 2.75) is 50.7 Å². The SMILES string of the molecule is CCS(=O)(=O)c1ccc([C@H](CCO)NC(=O)c2ccc3c(c2)CN[C@@H]3C(C)C)cc1. The quantitative estimate of drug-likeness (QED) is 0.598. The molecule has 0 aliphatic carbocycles. The van der Waals surface area contributed by atoms with Gasteiger partial charge in [0.05, 0.1) is 16.7 Å². The van der Waals surface area contributed by atoms with Crippen LogP contribution in [0.1, 0.15) is 66.3 Å². The molecule has 7 heteroatoms. The summed E-state index contributed by atoms with van der Waals surface area (Å²) in [6.45, 7) is 6.60. The van der Waals surface area contributed by atoms with Gasteiger partial charge < -0.3 is 15.7 Å². The topological polar surface area (TPSA) is 95.5 Å². The summed E-state index contributed by atoms with van der Waals surface area (Å²) in [5.41, 5.74) is 3.71. The van der Waals surface area contributed by atoms with E-state index in [9.17, 15) is 18.3 Å². The molecule has 0 saturated carbocycles. The Bertz CT molecular complexity index is 1000. The number of benzene rings is 2. The van der Waals surface area contributed by atoms with Gasteiger partial charge in [-0.15, -0.1) is 0 Å². The number of carbonyl (C=O) groups excluding carboxylic acids is 1. The Labute approximate surface area is 178 Å². The number of fused-ring (bicyclic) bond motifs is 1. The van der Waals surface area contributed by atoms with Gasteiger partial charge in [-0.3, -0.25) is 4.79 Å². The molecule has 0 aromatic heterocycles. The van der Waals surface area contributed by atoms with Crippen LogP contribution >= 0.6 is 0 Å². The minimum atomic E-state index is -3.28. The van der Waals surface area contributed by atoms with Gasteiger partial charge in [-0.05, 0) is 53.3 Å². The van der Waals surface area contributed by atoms with E-state index in [0.29, 0.717) is 23.9 Å². The van der Waals surface area contributed by atoms with Crippen molar-refractivity contribution in [3.05, 3.63) is 64.7 Å². The predicted molar refractivity (Wildman–Crippen MR) is 117 cm³/mol. The van der Waals surface area contributed by atoms with E-state index in [1.54, 1.807) is 31.2 Å². The summed E-state index contributed by atoms with van der Waals surface area (Å²) in [7, 11) is -3.28. The van der Waals surface area contributed by atoms with Crippen LogP contribution in [0.25, 0.3) is 0 Å². The number of aliphatic hydroxyl groups excluding tert-OH is 1. The summed E-state index contributed by atoms with van der Waals surface area (Å²) in [4.78, 5) is 13.1. The fraction of sp³-hybridized carbons (Fsp3) is 0.435. The Balaban J connectivity index is 1.78. The maximum Gasteiger partial charge on any atom is 0.251 e. The lowest BCUT2D eigenvalue weighted by atomic mass is 9.94. The zero-order chi connectivity index (χ0) is 21.9. The molecule has 1 aliphatic heterocycles. The highest BCUT2D eigenvalue weighted by molar-refractivity contribution is 7.91. The molecule has 3 rings (SSSR count). The molecule has 6 nitrogen and oxygen atoms in total. The molecule has 0 spiro atoms. The Kier molecular flexibility index (Phi) is 6.95. The zero-order valence-electron chi connectivity index (χ0n) is 17.7. The lowest BCUT2D eigenvalue weighted by Crippen LogP contribution is -2.29. The molecule has 0 bridgehead atoms. The maximum atomic E-state index is 12.9. The van der Waals surface area contributed by atoms with Crippen molar-refractivity contribution < 1.29 is 18.3 Å². The number of aliphatic hydroxyl groups is 1. The first-order valence-corrected chi connectivity index (χ1v) is 12.0. The third-order valence-corrected chi connectivity index (χ3v) is 7.41. The van der Waals surface area contributed by atoms with Crippen molar-refractivity contribution in [3.8, 4) is 0 Å². The van der Waals surface area contributed by atoms with E-state index in [0.717, 1.165) is 17.7 Å². The Morgan fingerprint density at radius 2 is 1.90 bits per heavy atom. The first kappa shape index (κ1) is 22.5. The summed E-state index contributed by atoms with van der Waals surface area (Å²) < 4.78 is 24.0. The molecule has 30 heavy (non-hydrogen) atoms. The normalized spacial score (nSPS) is 17.0. The van der Waals surface area contributed by atoms with Crippen LogP contribution in [0.2, 0.25) is 0 Å². The summed E-state index contributed by atoms with van der Waals surface area (Å²) in [6, 6.07) is 12.2. The molecule has 3 N–H and O–H groups in total. The van der Waals surface area contributed by atoms with E-state index >= 15 is 0 Å². The number of nitrogens with one attached hydrogen (secondary N) is 2. The molecule has 0 fully saturated rings. The summed E-state index contributed by atoms with van der Waals surface area (Å²) >= 11 is 0. The number of hydrogen-bond donors (Lipinski definition) is 3. The van der Waals surface area contributed by atoms with E-state index in [4.69, 9.17) is 0 Å². The van der Waals surface area contributed by atoms with Gasteiger partial charge in [0.1, 0.15) is 0 Å². The van der Waals surface area contributed by atoms with Gasteiger partial charge in [-0.1, -0.05) is 39.0 Å². The van der Waals surface area contributed by atoms with E-state index in [1.807, 2.05) is 18.2 Å². The van der Waals surface area contributed by atoms with Gasteiger partial charge in [-0.2, -0.15) is 0 Å². The molecule has 0 saturated heterocycles. The lowest BCUT2D eigenvalue weighted by molar-refractivity contribution is 0.0930. The number of sulfone groups is 1. The number of carbonyl (C=O) groups is 1. The van der Waals surface area contributed by atoms with Crippen LogP contribution < -0.4 is 10.6 Å². The zero-order valence-corrected chi connectivity index (χ0v) is 18.5. The molecule has 2 aromatic rings. The molecule has 2 aromatic carbocycles. The second kappa shape index (κ2) is 9.29. The van der Waals surface area contributed by atoms with E-state index in [2.05, 4.69) is 24.5 Å². The minimum absolute atomic E-state index is 0.0357. The van der Waals surface area contributed by atoms with Gasteiger partial charge >= 0.3 is 0 Å². The molecule has 1 aliphatic rings. The van der Waals surface area contributed by atoms with Crippen LogP contribution in [-0.4, -0.2) is 31.8 Å².